The summed E-state index contributed by atoms with van der Waals surface area (Å²) in [6.45, 7) is 10.8. The number of hydrogen-bond acceptors (Lipinski definition) is 8. The number of allylic oxidation sites excluding steroid dienone is 1. The molecule has 0 aromatic heterocycles. The molecule has 4 atom stereocenters. The van der Waals surface area contributed by atoms with Crippen molar-refractivity contribution in [3.8, 4) is 11.5 Å². The van der Waals surface area contributed by atoms with E-state index in [2.05, 4.69) is 35.7 Å². The SMILES string of the molecule is C=C1CCC[C@H]2[C@](C)(Cc3cc(OS(=O)(=O)[O-])ccc3OS(=O)(=O)[O-])[C@H](C)CC[C@@]12C.[Na+].[Na+]. The molecule has 2 aliphatic carbocycles. The van der Waals surface area contributed by atoms with Crippen LogP contribution >= 0.6 is 0 Å². The first-order valence-corrected chi connectivity index (χ1v) is 12.9. The molecule has 0 amide bonds. The Morgan fingerprint density at radius 1 is 1.06 bits per heavy atom. The summed E-state index contributed by atoms with van der Waals surface area (Å²) in [6, 6.07) is 3.48. The quantitative estimate of drug-likeness (QED) is 0.178. The van der Waals surface area contributed by atoms with Gasteiger partial charge in [0, 0.05) is 5.56 Å². The van der Waals surface area contributed by atoms with Gasteiger partial charge in [-0.25, -0.2) is 16.8 Å². The van der Waals surface area contributed by atoms with Gasteiger partial charge in [0.2, 0.25) is 0 Å². The number of rotatable bonds is 6. The number of benzene rings is 1. The zero-order valence-electron chi connectivity index (χ0n) is 19.9. The minimum absolute atomic E-state index is 0. The normalized spacial score (nSPS) is 29.8. The Morgan fingerprint density at radius 3 is 2.24 bits per heavy atom. The van der Waals surface area contributed by atoms with Crippen molar-refractivity contribution in [2.75, 3.05) is 0 Å². The molecule has 2 saturated carbocycles. The van der Waals surface area contributed by atoms with Crippen LogP contribution in [0.1, 0.15) is 58.4 Å². The minimum atomic E-state index is -5.05. The Hall–Kier alpha value is 0.380. The molecule has 8 nitrogen and oxygen atoms in total. The van der Waals surface area contributed by atoms with Crippen LogP contribution in [0.15, 0.2) is 30.4 Å². The summed E-state index contributed by atoms with van der Waals surface area (Å²) >= 11 is 0. The third-order valence-electron chi connectivity index (χ3n) is 7.56. The monoisotopic (exact) mass is 518 g/mol. The average molecular weight is 519 g/mol. The van der Waals surface area contributed by atoms with Crippen LogP contribution in [-0.2, 0) is 27.2 Å². The van der Waals surface area contributed by atoms with E-state index in [-0.39, 0.29) is 93.3 Å². The van der Waals surface area contributed by atoms with Crippen LogP contribution in [-0.4, -0.2) is 25.9 Å². The van der Waals surface area contributed by atoms with E-state index in [0.717, 1.165) is 44.2 Å². The molecule has 2 fully saturated rings. The van der Waals surface area contributed by atoms with Gasteiger partial charge >= 0.3 is 59.1 Å². The summed E-state index contributed by atoms with van der Waals surface area (Å²) in [6.07, 6.45) is 5.26. The second-order valence-corrected chi connectivity index (χ2v) is 11.3. The first kappa shape index (κ1) is 31.4. The molecule has 0 heterocycles. The zero-order chi connectivity index (χ0) is 23.2. The topological polar surface area (TPSA) is 133 Å². The average Bonchev–Trinajstić information content (AvgIpc) is 2.61. The van der Waals surface area contributed by atoms with Gasteiger partial charge in [0.1, 0.15) is 11.5 Å². The standard InChI is InChI=1S/C21H30O8S2.2Na/c1-14-6-5-7-19-20(14,3)11-10-15(2)21(19,4)13-16-12-17(28-30(22,23)24)8-9-18(16)29-31(25,26)27;;/h8-9,12,15,19H,1,5-7,10-11,13H2,2-4H3,(H,22,23,24)(H,25,26,27);;/q;2*+1/p-2/t15-,19-,20+,21-;;/m1../s1. The fraction of sp³-hybridized carbons (Fsp3) is 0.619. The van der Waals surface area contributed by atoms with Crippen LogP contribution in [0.2, 0.25) is 0 Å². The van der Waals surface area contributed by atoms with Gasteiger partial charge in [-0.15, -0.1) is 0 Å². The first-order valence-electron chi connectivity index (χ1n) is 10.3. The van der Waals surface area contributed by atoms with Crippen LogP contribution in [0.25, 0.3) is 0 Å². The van der Waals surface area contributed by atoms with Gasteiger partial charge in [0.25, 0.3) is 20.8 Å². The van der Waals surface area contributed by atoms with Gasteiger partial charge in [-0.1, -0.05) is 32.9 Å². The molecule has 0 aliphatic heterocycles. The van der Waals surface area contributed by atoms with Gasteiger partial charge in [0.15, 0.2) is 0 Å². The van der Waals surface area contributed by atoms with E-state index in [0.29, 0.717) is 12.0 Å². The molecule has 12 heteroatoms. The smallest absolute Gasteiger partial charge is 0.716 e. The summed E-state index contributed by atoms with van der Waals surface area (Å²) in [4.78, 5) is 0. The van der Waals surface area contributed by atoms with E-state index in [1.807, 2.05) is 0 Å². The molecule has 174 valence electrons. The maximum Gasteiger partial charge on any atom is 1.00 e. The van der Waals surface area contributed by atoms with Crippen LogP contribution < -0.4 is 67.5 Å². The molecule has 0 saturated heterocycles. The summed E-state index contributed by atoms with van der Waals surface area (Å²) in [5, 5.41) is 0. The molecular formula is C21H28Na2O8S2. The van der Waals surface area contributed by atoms with Crippen molar-refractivity contribution in [1.82, 2.24) is 0 Å². The second kappa shape index (κ2) is 11.2. The summed E-state index contributed by atoms with van der Waals surface area (Å²) in [5.74, 6) is 0.0695. The van der Waals surface area contributed by atoms with Crippen molar-refractivity contribution < 1.29 is 93.4 Å². The van der Waals surface area contributed by atoms with E-state index >= 15 is 0 Å². The molecule has 1 aromatic carbocycles. The summed E-state index contributed by atoms with van der Waals surface area (Å²) in [5.41, 5.74) is 1.15. The minimum Gasteiger partial charge on any atom is -0.716 e. The Bertz CT molecular complexity index is 1090. The summed E-state index contributed by atoms with van der Waals surface area (Å²) in [7, 11) is -10.1. The zero-order valence-corrected chi connectivity index (χ0v) is 25.6. The van der Waals surface area contributed by atoms with Crippen LogP contribution in [0, 0.1) is 22.7 Å². The van der Waals surface area contributed by atoms with Gasteiger partial charge < -0.3 is 17.5 Å². The van der Waals surface area contributed by atoms with E-state index in [1.165, 1.54) is 11.6 Å². The van der Waals surface area contributed by atoms with Crippen molar-refractivity contribution in [2.45, 2.75) is 59.3 Å². The fourth-order valence-electron chi connectivity index (χ4n) is 5.73. The van der Waals surface area contributed by atoms with Crippen molar-refractivity contribution >= 4 is 20.8 Å². The van der Waals surface area contributed by atoms with Crippen LogP contribution in [0.3, 0.4) is 0 Å². The predicted molar refractivity (Wildman–Crippen MR) is 112 cm³/mol. The number of hydrogen-bond donors (Lipinski definition) is 0. The Kier molecular flexibility index (Phi) is 10.7. The predicted octanol–water partition coefficient (Wildman–Crippen LogP) is -2.29. The molecular weight excluding hydrogens is 490 g/mol. The van der Waals surface area contributed by atoms with Crippen molar-refractivity contribution in [1.29, 1.82) is 0 Å². The molecule has 0 unspecified atom stereocenters. The molecule has 0 bridgehead atoms. The molecule has 0 spiro atoms. The Labute approximate surface area is 241 Å². The third-order valence-corrected chi connectivity index (χ3v) is 8.34. The third kappa shape index (κ3) is 7.21. The van der Waals surface area contributed by atoms with Crippen molar-refractivity contribution in [3.63, 3.8) is 0 Å². The van der Waals surface area contributed by atoms with Gasteiger partial charge in [-0.05, 0) is 79.4 Å². The summed E-state index contributed by atoms with van der Waals surface area (Å²) < 4.78 is 75.9. The molecule has 33 heavy (non-hydrogen) atoms. The maximum absolute atomic E-state index is 11.3. The largest absolute Gasteiger partial charge is 1.00 e. The molecule has 0 radical (unpaired) electrons. The van der Waals surface area contributed by atoms with E-state index in [1.54, 1.807) is 0 Å². The number of fused-ring (bicyclic) bond motifs is 1. The van der Waals surface area contributed by atoms with Crippen molar-refractivity contribution in [2.24, 2.45) is 22.7 Å². The van der Waals surface area contributed by atoms with Gasteiger partial charge in [-0.3, -0.25) is 0 Å². The molecule has 2 aliphatic rings. The Balaban J connectivity index is 0.00000272. The maximum atomic E-state index is 11.3. The first-order chi connectivity index (χ1) is 14.1. The van der Waals surface area contributed by atoms with Crippen LogP contribution in [0.4, 0.5) is 0 Å². The molecule has 1 aromatic rings. The van der Waals surface area contributed by atoms with E-state index in [4.69, 9.17) is 0 Å². The van der Waals surface area contributed by atoms with E-state index < -0.39 is 20.8 Å². The van der Waals surface area contributed by atoms with Crippen LogP contribution in [0.5, 0.6) is 11.5 Å². The van der Waals surface area contributed by atoms with Crippen molar-refractivity contribution in [3.05, 3.63) is 35.9 Å². The van der Waals surface area contributed by atoms with E-state index in [9.17, 15) is 25.9 Å². The molecule has 0 N–H and O–H groups in total. The molecule has 3 rings (SSSR count). The Morgan fingerprint density at radius 2 is 1.67 bits per heavy atom. The second-order valence-electron chi connectivity index (χ2n) is 9.34. The van der Waals surface area contributed by atoms with Gasteiger partial charge in [0.05, 0.1) is 0 Å². The van der Waals surface area contributed by atoms with Gasteiger partial charge in [-0.2, -0.15) is 0 Å². The fourth-order valence-corrected chi connectivity index (χ4v) is 6.45.